The Hall–Kier alpha value is -2.08. The number of nitrogens with zero attached hydrogens (tertiary/aromatic N) is 2. The molecular formula is C21H23BrN2O3. The van der Waals surface area contributed by atoms with E-state index in [2.05, 4.69) is 15.9 Å². The highest BCUT2D eigenvalue weighted by Gasteiger charge is 2.52. The van der Waals surface area contributed by atoms with E-state index < -0.39 is 5.54 Å². The van der Waals surface area contributed by atoms with E-state index in [1.54, 1.807) is 17.9 Å². The van der Waals surface area contributed by atoms with Crippen LogP contribution in [-0.2, 0) is 19.1 Å². The molecular weight excluding hydrogens is 408 g/mol. The summed E-state index contributed by atoms with van der Waals surface area (Å²) in [5.41, 5.74) is 1.71. The van der Waals surface area contributed by atoms with Crippen LogP contribution in [0.3, 0.4) is 0 Å². The van der Waals surface area contributed by atoms with Gasteiger partial charge in [0.05, 0.1) is 22.7 Å². The van der Waals surface area contributed by atoms with Gasteiger partial charge in [0, 0.05) is 19.8 Å². The maximum absolute atomic E-state index is 13.4. The number of ether oxygens (including phenoxy) is 1. The van der Waals surface area contributed by atoms with Crippen LogP contribution in [0.2, 0.25) is 0 Å². The zero-order valence-corrected chi connectivity index (χ0v) is 17.2. The molecule has 1 aromatic heterocycles. The predicted molar refractivity (Wildman–Crippen MR) is 107 cm³/mol. The van der Waals surface area contributed by atoms with Crippen molar-refractivity contribution < 1.29 is 9.53 Å². The van der Waals surface area contributed by atoms with E-state index in [-0.39, 0.29) is 11.3 Å². The molecule has 4 rings (SSSR count). The first-order chi connectivity index (χ1) is 13.0. The second-order valence-corrected chi connectivity index (χ2v) is 8.33. The number of hydrogen-bond acceptors (Lipinski definition) is 3. The van der Waals surface area contributed by atoms with Crippen LogP contribution < -0.4 is 10.2 Å². The second-order valence-electron chi connectivity index (χ2n) is 7.47. The van der Waals surface area contributed by atoms with Gasteiger partial charge in [-0.05, 0) is 46.5 Å². The van der Waals surface area contributed by atoms with E-state index in [0.717, 1.165) is 43.4 Å². The van der Waals surface area contributed by atoms with Gasteiger partial charge in [-0.1, -0.05) is 31.4 Å². The van der Waals surface area contributed by atoms with Crippen LogP contribution in [0.5, 0.6) is 5.75 Å². The number of aromatic nitrogens is 1. The predicted octanol–water partition coefficient (Wildman–Crippen LogP) is 3.97. The lowest BCUT2D eigenvalue weighted by Gasteiger charge is -2.41. The molecule has 0 saturated heterocycles. The van der Waals surface area contributed by atoms with Gasteiger partial charge < -0.3 is 14.2 Å². The molecule has 1 fully saturated rings. The molecule has 27 heavy (non-hydrogen) atoms. The zero-order valence-electron chi connectivity index (χ0n) is 15.6. The van der Waals surface area contributed by atoms with Crippen LogP contribution in [0.25, 0.3) is 0 Å². The zero-order chi connectivity index (χ0) is 19.2. The van der Waals surface area contributed by atoms with Crippen molar-refractivity contribution in [3.05, 3.63) is 62.0 Å². The number of hydrogen-bond donors (Lipinski definition) is 0. The third-order valence-electron chi connectivity index (χ3n) is 5.95. The van der Waals surface area contributed by atoms with Crippen LogP contribution in [-0.4, -0.2) is 22.5 Å². The first-order valence-electron chi connectivity index (χ1n) is 9.32. The Labute approximate surface area is 167 Å². The minimum Gasteiger partial charge on any atom is -0.497 e. The third-order valence-corrected chi connectivity index (χ3v) is 6.52. The summed E-state index contributed by atoms with van der Waals surface area (Å²) in [4.78, 5) is 28.4. The number of carbonyl (C=O) groups excluding carboxylic acids is 1. The van der Waals surface area contributed by atoms with E-state index in [0.29, 0.717) is 22.3 Å². The molecule has 1 amide bonds. The van der Waals surface area contributed by atoms with E-state index in [4.69, 9.17) is 4.74 Å². The number of benzene rings is 1. The highest BCUT2D eigenvalue weighted by molar-refractivity contribution is 9.10. The molecule has 1 aliphatic heterocycles. The molecule has 1 spiro atoms. The van der Waals surface area contributed by atoms with Gasteiger partial charge in [-0.3, -0.25) is 9.59 Å². The third kappa shape index (κ3) is 2.81. The molecule has 0 radical (unpaired) electrons. The van der Waals surface area contributed by atoms with Crippen molar-refractivity contribution in [1.29, 1.82) is 0 Å². The van der Waals surface area contributed by atoms with E-state index in [1.165, 1.54) is 0 Å². The molecule has 0 unspecified atom stereocenters. The molecule has 1 aliphatic carbocycles. The van der Waals surface area contributed by atoms with Crippen LogP contribution in [0.1, 0.15) is 53.7 Å². The SMILES string of the molecule is COc1ccc(CN2C(=O)c3c(c(=O)c(Br)cn3C)C23CCCCC3)cc1. The summed E-state index contributed by atoms with van der Waals surface area (Å²) in [7, 11) is 3.48. The average molecular weight is 431 g/mol. The van der Waals surface area contributed by atoms with Gasteiger partial charge in [-0.25, -0.2) is 0 Å². The summed E-state index contributed by atoms with van der Waals surface area (Å²) in [6.07, 6.45) is 6.59. The van der Waals surface area contributed by atoms with E-state index >= 15 is 0 Å². The van der Waals surface area contributed by atoms with Crippen LogP contribution in [0.15, 0.2) is 39.7 Å². The minimum atomic E-state index is -0.497. The number of fused-ring (bicyclic) bond motifs is 2. The Kier molecular flexibility index (Phi) is 4.62. The standard InChI is InChI=1S/C21H23BrN2O3/c1-23-13-16(22)19(25)17-18(23)20(26)24(21(17)10-4-3-5-11-21)12-14-6-8-15(27-2)9-7-14/h6-9,13H,3-5,10-12H2,1-2H3. The Morgan fingerprint density at radius 2 is 1.78 bits per heavy atom. The van der Waals surface area contributed by atoms with E-state index in [9.17, 15) is 9.59 Å². The fraction of sp³-hybridized carbons (Fsp3) is 0.429. The molecule has 2 heterocycles. The van der Waals surface area contributed by atoms with Crippen molar-refractivity contribution in [3.8, 4) is 5.75 Å². The monoisotopic (exact) mass is 430 g/mol. The fourth-order valence-electron chi connectivity index (χ4n) is 4.64. The van der Waals surface area contributed by atoms with Crippen molar-refractivity contribution in [2.75, 3.05) is 7.11 Å². The van der Waals surface area contributed by atoms with Crippen molar-refractivity contribution in [1.82, 2.24) is 9.47 Å². The number of methoxy groups -OCH3 is 1. The lowest BCUT2D eigenvalue weighted by atomic mass is 9.76. The molecule has 6 heteroatoms. The van der Waals surface area contributed by atoms with Crippen molar-refractivity contribution >= 4 is 21.8 Å². The number of pyridine rings is 1. The highest BCUT2D eigenvalue weighted by Crippen LogP contribution is 2.48. The summed E-state index contributed by atoms with van der Waals surface area (Å²) in [5, 5.41) is 0. The van der Waals surface area contributed by atoms with Crippen LogP contribution in [0, 0.1) is 0 Å². The number of halogens is 1. The summed E-state index contributed by atoms with van der Waals surface area (Å²) in [5.74, 6) is 0.745. The summed E-state index contributed by atoms with van der Waals surface area (Å²) >= 11 is 3.40. The molecule has 5 nitrogen and oxygen atoms in total. The molecule has 2 aliphatic rings. The normalized spacial score (nSPS) is 18.0. The lowest BCUT2D eigenvalue weighted by molar-refractivity contribution is 0.0381. The van der Waals surface area contributed by atoms with Gasteiger partial charge in [-0.15, -0.1) is 0 Å². The first kappa shape index (κ1) is 18.3. The van der Waals surface area contributed by atoms with E-state index in [1.807, 2.05) is 36.2 Å². The second kappa shape index (κ2) is 6.82. The summed E-state index contributed by atoms with van der Waals surface area (Å²) in [6.45, 7) is 0.495. The van der Waals surface area contributed by atoms with Gasteiger partial charge in [0.15, 0.2) is 0 Å². The topological polar surface area (TPSA) is 51.5 Å². The van der Waals surface area contributed by atoms with Crippen molar-refractivity contribution in [2.24, 2.45) is 7.05 Å². The lowest BCUT2D eigenvalue weighted by Crippen LogP contribution is -2.46. The Bertz CT molecular complexity index is 943. The van der Waals surface area contributed by atoms with Crippen LogP contribution in [0.4, 0.5) is 0 Å². The first-order valence-corrected chi connectivity index (χ1v) is 10.1. The molecule has 2 aromatic rings. The largest absolute Gasteiger partial charge is 0.497 e. The number of rotatable bonds is 3. The highest BCUT2D eigenvalue weighted by atomic mass is 79.9. The average Bonchev–Trinajstić information content (AvgIpc) is 2.90. The van der Waals surface area contributed by atoms with Crippen molar-refractivity contribution in [3.63, 3.8) is 0 Å². The van der Waals surface area contributed by atoms with Crippen LogP contribution >= 0.6 is 15.9 Å². The maximum Gasteiger partial charge on any atom is 0.272 e. The summed E-state index contributed by atoms with van der Waals surface area (Å²) < 4.78 is 7.56. The Morgan fingerprint density at radius 3 is 2.41 bits per heavy atom. The molecule has 142 valence electrons. The molecule has 0 bridgehead atoms. The number of aryl methyl sites for hydroxylation is 1. The number of carbonyl (C=O) groups is 1. The molecule has 1 saturated carbocycles. The quantitative estimate of drug-likeness (QED) is 0.739. The molecule has 0 N–H and O–H groups in total. The number of amides is 1. The Balaban J connectivity index is 1.83. The molecule has 0 atom stereocenters. The fourth-order valence-corrected chi connectivity index (χ4v) is 5.14. The van der Waals surface area contributed by atoms with Crippen molar-refractivity contribution in [2.45, 2.75) is 44.2 Å². The van der Waals surface area contributed by atoms with Gasteiger partial charge in [0.2, 0.25) is 5.43 Å². The van der Waals surface area contributed by atoms with Gasteiger partial charge in [0.25, 0.3) is 5.91 Å². The van der Waals surface area contributed by atoms with Gasteiger partial charge in [0.1, 0.15) is 11.4 Å². The Morgan fingerprint density at radius 1 is 1.11 bits per heavy atom. The molecule has 1 aromatic carbocycles. The minimum absolute atomic E-state index is 0.0458. The van der Waals surface area contributed by atoms with Gasteiger partial charge >= 0.3 is 0 Å². The van der Waals surface area contributed by atoms with Gasteiger partial charge in [-0.2, -0.15) is 0 Å². The summed E-state index contributed by atoms with van der Waals surface area (Å²) in [6, 6.07) is 7.79. The smallest absolute Gasteiger partial charge is 0.272 e. The maximum atomic E-state index is 13.4.